The smallest absolute Gasteiger partial charge is 0.340 e. The maximum atomic E-state index is 12.4. The van der Waals surface area contributed by atoms with Gasteiger partial charge in [-0.1, -0.05) is 48.5 Å². The Morgan fingerprint density at radius 3 is 2.54 bits per heavy atom. The summed E-state index contributed by atoms with van der Waals surface area (Å²) in [5.41, 5.74) is 7.27. The average molecular weight is 393 g/mol. The van der Waals surface area contributed by atoms with Crippen LogP contribution in [-0.2, 0) is 20.9 Å². The predicted octanol–water partition coefficient (Wildman–Crippen LogP) is 3.90. The molecule has 0 saturated heterocycles. The number of hydrogen-bond acceptors (Lipinski definition) is 5. The van der Waals surface area contributed by atoms with Gasteiger partial charge in [-0.25, -0.2) is 4.79 Å². The lowest BCUT2D eigenvalue weighted by atomic mass is 10.1. The van der Waals surface area contributed by atoms with Gasteiger partial charge in [0.1, 0.15) is 12.4 Å². The van der Waals surface area contributed by atoms with E-state index in [0.717, 1.165) is 16.0 Å². The molecule has 0 spiro atoms. The minimum Gasteiger partial charge on any atom is -0.489 e. The molecule has 0 aliphatic rings. The van der Waals surface area contributed by atoms with E-state index in [1.807, 2.05) is 72.1 Å². The largest absolute Gasteiger partial charge is 0.489 e. The number of nitrogens with two attached hydrogens (primary N) is 1. The number of amides is 1. The number of carbonyl (C=O) groups excluding carboxylic acids is 2. The SMILES string of the molecule is NC(=O)COC(=O)/C(=C/c1cccc(OCc2ccccc2)c1)c1cccs1. The Balaban J connectivity index is 1.79. The zero-order valence-electron chi connectivity index (χ0n) is 15.0. The lowest BCUT2D eigenvalue weighted by Crippen LogP contribution is -2.21. The second kappa shape index (κ2) is 9.53. The molecule has 3 aromatic rings. The predicted molar refractivity (Wildman–Crippen MR) is 110 cm³/mol. The first-order chi connectivity index (χ1) is 13.6. The second-order valence-corrected chi connectivity index (χ2v) is 6.87. The van der Waals surface area contributed by atoms with Crippen LogP contribution in [0.2, 0.25) is 0 Å². The lowest BCUT2D eigenvalue weighted by molar-refractivity contribution is -0.141. The molecule has 1 aromatic heterocycles. The van der Waals surface area contributed by atoms with E-state index in [0.29, 0.717) is 17.9 Å². The van der Waals surface area contributed by atoms with Crippen LogP contribution in [0.15, 0.2) is 72.1 Å². The molecule has 0 bridgehead atoms. The van der Waals surface area contributed by atoms with Crippen LogP contribution < -0.4 is 10.5 Å². The summed E-state index contributed by atoms with van der Waals surface area (Å²) in [5.74, 6) is -0.610. The highest BCUT2D eigenvalue weighted by atomic mass is 32.1. The van der Waals surface area contributed by atoms with Crippen LogP contribution in [0.5, 0.6) is 5.75 Å². The number of ether oxygens (including phenoxy) is 2. The summed E-state index contributed by atoms with van der Waals surface area (Å²) in [6.07, 6.45) is 1.71. The molecule has 2 N–H and O–H groups in total. The van der Waals surface area contributed by atoms with Crippen LogP contribution in [0.25, 0.3) is 11.6 Å². The van der Waals surface area contributed by atoms with Gasteiger partial charge < -0.3 is 15.2 Å². The summed E-state index contributed by atoms with van der Waals surface area (Å²) < 4.78 is 10.8. The zero-order valence-corrected chi connectivity index (χ0v) is 15.9. The number of primary amides is 1. The molecule has 3 rings (SSSR count). The molecule has 5 nitrogen and oxygen atoms in total. The van der Waals surface area contributed by atoms with Crippen LogP contribution in [0.1, 0.15) is 16.0 Å². The van der Waals surface area contributed by atoms with Crippen molar-refractivity contribution in [3.63, 3.8) is 0 Å². The van der Waals surface area contributed by atoms with Gasteiger partial charge in [-0.2, -0.15) is 0 Å². The van der Waals surface area contributed by atoms with Gasteiger partial charge in [-0.05, 0) is 40.8 Å². The number of rotatable bonds is 8. The Morgan fingerprint density at radius 1 is 1.00 bits per heavy atom. The summed E-state index contributed by atoms with van der Waals surface area (Å²) in [6, 6.07) is 20.9. The van der Waals surface area contributed by atoms with Gasteiger partial charge in [0.2, 0.25) is 0 Å². The van der Waals surface area contributed by atoms with E-state index in [-0.39, 0.29) is 0 Å². The van der Waals surface area contributed by atoms with E-state index in [9.17, 15) is 9.59 Å². The van der Waals surface area contributed by atoms with Gasteiger partial charge in [0.05, 0.1) is 5.57 Å². The van der Waals surface area contributed by atoms with Crippen LogP contribution in [0.4, 0.5) is 0 Å². The maximum absolute atomic E-state index is 12.4. The van der Waals surface area contributed by atoms with E-state index in [1.54, 1.807) is 6.08 Å². The van der Waals surface area contributed by atoms with E-state index in [1.165, 1.54) is 11.3 Å². The molecule has 0 unspecified atom stereocenters. The molecule has 0 atom stereocenters. The van der Waals surface area contributed by atoms with Gasteiger partial charge in [0.15, 0.2) is 6.61 Å². The quantitative estimate of drug-likeness (QED) is 0.465. The van der Waals surface area contributed by atoms with Gasteiger partial charge in [-0.15, -0.1) is 11.3 Å². The van der Waals surface area contributed by atoms with Gasteiger partial charge in [-0.3, -0.25) is 4.79 Å². The van der Waals surface area contributed by atoms with Crippen molar-refractivity contribution in [1.29, 1.82) is 0 Å². The Labute approximate surface area is 167 Å². The fraction of sp³-hybridized carbons (Fsp3) is 0.0909. The van der Waals surface area contributed by atoms with Crippen molar-refractivity contribution in [2.75, 3.05) is 6.61 Å². The highest BCUT2D eigenvalue weighted by molar-refractivity contribution is 7.11. The van der Waals surface area contributed by atoms with Crippen LogP contribution in [0.3, 0.4) is 0 Å². The van der Waals surface area contributed by atoms with Crippen LogP contribution in [-0.4, -0.2) is 18.5 Å². The summed E-state index contributed by atoms with van der Waals surface area (Å²) in [4.78, 5) is 24.1. The summed E-state index contributed by atoms with van der Waals surface area (Å²) in [5, 5.41) is 1.87. The molecule has 142 valence electrons. The average Bonchev–Trinajstić information content (AvgIpc) is 3.24. The molecule has 6 heteroatoms. The number of esters is 1. The topological polar surface area (TPSA) is 78.6 Å². The monoisotopic (exact) mass is 393 g/mol. The summed E-state index contributed by atoms with van der Waals surface area (Å²) in [7, 11) is 0. The number of benzene rings is 2. The van der Waals surface area contributed by atoms with Crippen molar-refractivity contribution < 1.29 is 19.1 Å². The van der Waals surface area contributed by atoms with Crippen LogP contribution >= 0.6 is 11.3 Å². The molecule has 0 aliphatic carbocycles. The van der Waals surface area contributed by atoms with Crippen molar-refractivity contribution in [2.45, 2.75) is 6.61 Å². The van der Waals surface area contributed by atoms with Crippen LogP contribution in [0, 0.1) is 0 Å². The zero-order chi connectivity index (χ0) is 19.8. The van der Waals surface area contributed by atoms with Gasteiger partial charge in [0.25, 0.3) is 5.91 Å². The first-order valence-corrected chi connectivity index (χ1v) is 9.47. The fourth-order valence-electron chi connectivity index (χ4n) is 2.48. The minimum absolute atomic E-state index is 0.358. The summed E-state index contributed by atoms with van der Waals surface area (Å²) in [6.45, 7) is -0.00574. The van der Waals surface area contributed by atoms with E-state index >= 15 is 0 Å². The molecule has 28 heavy (non-hydrogen) atoms. The van der Waals surface area contributed by atoms with Crippen molar-refractivity contribution in [2.24, 2.45) is 5.73 Å². The van der Waals surface area contributed by atoms with Crippen molar-refractivity contribution in [3.05, 3.63) is 88.1 Å². The Kier molecular flexibility index (Phi) is 6.59. The van der Waals surface area contributed by atoms with Crippen molar-refractivity contribution >= 4 is 34.9 Å². The summed E-state index contributed by atoms with van der Waals surface area (Å²) >= 11 is 1.41. The number of thiophene rings is 1. The fourth-order valence-corrected chi connectivity index (χ4v) is 3.21. The molecule has 0 fully saturated rings. The molecule has 1 amide bonds. The molecule has 0 aliphatic heterocycles. The normalized spacial score (nSPS) is 11.1. The van der Waals surface area contributed by atoms with Crippen molar-refractivity contribution in [3.8, 4) is 5.75 Å². The molecule has 1 heterocycles. The minimum atomic E-state index is -0.699. The third-order valence-electron chi connectivity index (χ3n) is 3.77. The maximum Gasteiger partial charge on any atom is 0.340 e. The first-order valence-electron chi connectivity index (χ1n) is 8.59. The number of carbonyl (C=O) groups is 2. The first kappa shape index (κ1) is 19.4. The van der Waals surface area contributed by atoms with Gasteiger partial charge in [0, 0.05) is 4.88 Å². The molecule has 0 radical (unpaired) electrons. The Bertz CT molecular complexity index is 965. The number of hydrogen-bond donors (Lipinski definition) is 1. The third kappa shape index (κ3) is 5.56. The second-order valence-electron chi connectivity index (χ2n) is 5.92. The molecular formula is C22H19NO4S. The van der Waals surface area contributed by atoms with Crippen molar-refractivity contribution in [1.82, 2.24) is 0 Å². The highest BCUT2D eigenvalue weighted by Gasteiger charge is 2.16. The molecule has 2 aromatic carbocycles. The molecule has 0 saturated carbocycles. The van der Waals surface area contributed by atoms with E-state index in [2.05, 4.69) is 0 Å². The molecular weight excluding hydrogens is 374 g/mol. The lowest BCUT2D eigenvalue weighted by Gasteiger charge is -2.08. The third-order valence-corrected chi connectivity index (χ3v) is 4.67. The Hall–Kier alpha value is -3.38. The Morgan fingerprint density at radius 2 is 1.82 bits per heavy atom. The standard InChI is InChI=1S/C22H19NO4S/c23-21(24)15-27-22(25)19(20-10-5-11-28-20)13-17-8-4-9-18(12-17)26-14-16-6-2-1-3-7-16/h1-13H,14-15H2,(H2,23,24)/b19-13+. The van der Waals surface area contributed by atoms with E-state index < -0.39 is 18.5 Å². The van der Waals surface area contributed by atoms with E-state index in [4.69, 9.17) is 15.2 Å². The highest BCUT2D eigenvalue weighted by Crippen LogP contribution is 2.26. The van der Waals surface area contributed by atoms with Gasteiger partial charge >= 0.3 is 5.97 Å².